The van der Waals surface area contributed by atoms with Gasteiger partial charge in [0.2, 0.25) is 26.3 Å². The number of ketones is 2. The van der Waals surface area contributed by atoms with Crippen LogP contribution in [0.4, 0.5) is 0 Å². The minimum absolute atomic E-state index is 0. The maximum Gasteiger partial charge on any atom is 0.341 e. The number of methoxy groups -OCH3 is 2. The molecule has 3 atom stereocenters. The van der Waals surface area contributed by atoms with E-state index in [1.807, 2.05) is 4.90 Å². The number of carbonyl (C=O) groups is 8. The number of benzene rings is 7. The Bertz CT molecular complexity index is 3230. The first-order valence-electron chi connectivity index (χ1n) is 26.4. The summed E-state index contributed by atoms with van der Waals surface area (Å²) in [7, 11) is 7.28. The van der Waals surface area contributed by atoms with E-state index in [1.54, 1.807) is 133 Å². The van der Waals surface area contributed by atoms with Crippen molar-refractivity contribution < 1.29 is 121 Å². The Morgan fingerprint density at radius 2 is 0.707 bits per heavy atom. The van der Waals surface area contributed by atoms with Gasteiger partial charge in [0.15, 0.2) is 11.6 Å². The number of carboxylic acid groups (broad SMARTS) is 3. The van der Waals surface area contributed by atoms with Crippen molar-refractivity contribution in [3.05, 3.63) is 209 Å². The van der Waals surface area contributed by atoms with E-state index >= 15 is 0 Å². The molecule has 0 aliphatic carbocycles. The summed E-state index contributed by atoms with van der Waals surface area (Å²) in [5.74, 6) is -2.47. The Morgan fingerprint density at radius 3 is 0.946 bits per heavy atom. The molecule has 497 valence electrons. The number of hydrogen-bond acceptors (Lipinski definition) is 17. The second-order valence-corrected chi connectivity index (χ2v) is 17.7. The normalized spacial score (nSPS) is 10.4. The molecule has 6 N–H and O–H groups in total. The zero-order valence-corrected chi connectivity index (χ0v) is 53.3. The molecular formula is C67H83NO21P2V. The van der Waals surface area contributed by atoms with Gasteiger partial charge in [-0.25, -0.2) is 24.0 Å². The van der Waals surface area contributed by atoms with Gasteiger partial charge in [-0.05, 0) is 119 Å². The van der Waals surface area contributed by atoms with E-state index in [-0.39, 0.29) is 112 Å². The summed E-state index contributed by atoms with van der Waals surface area (Å²) in [4.78, 5) is 91.6. The Kier molecular flexibility index (Phi) is 45.0. The van der Waals surface area contributed by atoms with Crippen molar-refractivity contribution in [3.8, 4) is 40.2 Å². The van der Waals surface area contributed by atoms with Gasteiger partial charge in [-0.2, -0.15) is 0 Å². The first-order valence-corrected chi connectivity index (χ1v) is 29.1. The number of aromatic carboxylic acids is 3. The first kappa shape index (κ1) is 86.9. The van der Waals surface area contributed by atoms with E-state index in [0.717, 1.165) is 25.8 Å². The molecule has 1 aliphatic heterocycles. The number of phenols is 1. The maximum atomic E-state index is 11.6. The molecule has 3 unspecified atom stereocenters. The molecule has 1 amide bonds. The van der Waals surface area contributed by atoms with Crippen molar-refractivity contribution in [2.75, 3.05) is 41.1 Å². The van der Waals surface area contributed by atoms with Gasteiger partial charge in [-0.1, -0.05) is 114 Å². The van der Waals surface area contributed by atoms with Crippen molar-refractivity contribution in [2.45, 2.75) is 75.3 Å². The van der Waals surface area contributed by atoms with Crippen LogP contribution >= 0.6 is 17.9 Å². The van der Waals surface area contributed by atoms with Crippen LogP contribution in [0.5, 0.6) is 40.2 Å². The maximum absolute atomic E-state index is 11.6. The van der Waals surface area contributed by atoms with Crippen LogP contribution in [0.1, 0.15) is 142 Å². The summed E-state index contributed by atoms with van der Waals surface area (Å²) >= 11 is 0. The molecule has 1 saturated heterocycles. The number of aromatic hydroxyl groups is 1. The van der Waals surface area contributed by atoms with Gasteiger partial charge < -0.3 is 68.7 Å². The molecule has 1 fully saturated rings. The van der Waals surface area contributed by atoms with Gasteiger partial charge in [0.1, 0.15) is 68.1 Å². The van der Waals surface area contributed by atoms with E-state index in [2.05, 4.69) is 41.2 Å². The summed E-state index contributed by atoms with van der Waals surface area (Å²) in [6.07, 6.45) is 2.90. The standard InChI is InChI=1S/2C17H16O5.C15H12O6.C8H15NO.C7H6O3.3CH4.H2O.H4P2.V/c2*1-12(18)13-7-3-5-9-15(13)21-11-22-16-10-6-4-8-14(16)17(19)20-2;16-14(17)10-5-1-3-7-12(10)20-9-21-13-8-4-2-6-11(13)15(18)19;1-3-7(2)9-6-4-5-8(9)10;8-6-4-2-1-3-5(6)7(9)10;;;;;1-2;/h2*3-10H,11H2,1-2H3;1-8H,9H2,(H,16,17)(H,18,19);7H,3-6H2,1-2H3;1-4,8H,(H,9,10);3*1H4;1H2;1-2H2;. The third kappa shape index (κ3) is 28.7. The monoisotopic (exact) mass is 1350 g/mol. The first-order chi connectivity index (χ1) is 41.8. The number of ether oxygens (including phenoxy) is 8. The van der Waals surface area contributed by atoms with Gasteiger partial charge in [-0.3, -0.25) is 14.4 Å². The second kappa shape index (κ2) is 47.6. The average Bonchev–Trinajstić information content (AvgIpc) is 4.14. The third-order valence-electron chi connectivity index (χ3n) is 12.0. The van der Waals surface area contributed by atoms with Crippen LogP contribution in [-0.2, 0) is 32.8 Å². The Balaban J connectivity index is -0.00000109. The van der Waals surface area contributed by atoms with Crippen molar-refractivity contribution in [1.29, 1.82) is 0 Å². The van der Waals surface area contributed by atoms with Crippen molar-refractivity contribution >= 4 is 65.2 Å². The predicted octanol–water partition coefficient (Wildman–Crippen LogP) is 12.9. The van der Waals surface area contributed by atoms with Gasteiger partial charge in [0, 0.05) is 37.6 Å². The fraction of sp³-hybridized carbons (Fsp3) is 0.254. The molecule has 0 spiro atoms. The van der Waals surface area contributed by atoms with Gasteiger partial charge in [0.05, 0.1) is 25.3 Å². The number of carbonyl (C=O) groups excluding carboxylic acids is 5. The number of nitrogens with zero attached hydrogens (tertiary/aromatic N) is 1. The second-order valence-electron chi connectivity index (χ2n) is 17.7. The molecule has 92 heavy (non-hydrogen) atoms. The zero-order chi connectivity index (χ0) is 64.3. The Morgan fingerprint density at radius 1 is 0.457 bits per heavy atom. The van der Waals surface area contributed by atoms with E-state index < -0.39 is 29.8 Å². The molecular weight excluding hydrogens is 1270 g/mol. The van der Waals surface area contributed by atoms with Gasteiger partial charge >= 0.3 is 29.8 Å². The number of para-hydroxylation sites is 7. The predicted molar refractivity (Wildman–Crippen MR) is 353 cm³/mol. The molecule has 0 saturated carbocycles. The third-order valence-corrected chi connectivity index (χ3v) is 12.0. The van der Waals surface area contributed by atoms with E-state index in [1.165, 1.54) is 64.5 Å². The number of Topliss-reactive ketones (excluding diaryl/α,β-unsaturated/α-hetero) is 2. The number of rotatable bonds is 21. The summed E-state index contributed by atoms with van der Waals surface area (Å²) in [6, 6.07) is 45.7. The fourth-order valence-electron chi connectivity index (χ4n) is 7.53. The van der Waals surface area contributed by atoms with Gasteiger partial charge in [-0.15, -0.1) is 17.9 Å². The molecule has 1 radical (unpaired) electrons. The van der Waals surface area contributed by atoms with E-state index in [0.29, 0.717) is 57.2 Å². The SMILES string of the molecule is C.C.C.CCC(C)N1CCCC1=O.COC(=O)c1ccccc1OCOc1ccccc1C(C)=O.COC(=O)c1ccccc1OCOc1ccccc1C(C)=O.O.O=C(O)c1ccccc1O.O=C(O)c1ccccc1OCOc1ccccc1C(=O)O.PP.[V]. The smallest absolute Gasteiger partial charge is 0.341 e. The molecule has 0 bridgehead atoms. The Hall–Kier alpha value is -9.30. The largest absolute Gasteiger partial charge is 0.507 e. The molecule has 0 aromatic heterocycles. The van der Waals surface area contributed by atoms with Gasteiger partial charge in [0.25, 0.3) is 0 Å². The van der Waals surface area contributed by atoms with Crippen LogP contribution in [0.3, 0.4) is 0 Å². The van der Waals surface area contributed by atoms with Crippen LogP contribution < -0.4 is 28.4 Å². The molecule has 22 nitrogen and oxygen atoms in total. The summed E-state index contributed by atoms with van der Waals surface area (Å²) in [5.41, 5.74) is 1.53. The quantitative estimate of drug-likeness (QED) is 0.0225. The average molecular weight is 1350 g/mol. The molecule has 25 heteroatoms. The van der Waals surface area contributed by atoms with E-state index in [4.69, 9.17) is 48.8 Å². The minimum atomic E-state index is -1.11. The van der Waals surface area contributed by atoms with E-state index in [9.17, 15) is 38.4 Å². The number of carboxylic acids is 3. The summed E-state index contributed by atoms with van der Waals surface area (Å²) < 4.78 is 41.7. The molecule has 7 aromatic carbocycles. The fourth-order valence-corrected chi connectivity index (χ4v) is 7.53. The number of likely N-dealkylation sites (tertiary alicyclic amines) is 1. The number of amides is 1. The molecule has 7 aromatic rings. The summed E-state index contributed by atoms with van der Waals surface area (Å²) in [6.45, 7) is 7.60. The topological polar surface area (TPSA) is 326 Å². The van der Waals surface area contributed by atoms with Crippen LogP contribution in [-0.4, -0.2) is 125 Å². The van der Waals surface area contributed by atoms with Crippen molar-refractivity contribution in [2.24, 2.45) is 0 Å². The van der Waals surface area contributed by atoms with Crippen LogP contribution in [0.2, 0.25) is 0 Å². The molecule has 1 aliphatic rings. The Labute approximate surface area is 553 Å². The number of esters is 2. The van der Waals surface area contributed by atoms with Crippen molar-refractivity contribution in [1.82, 2.24) is 4.90 Å². The molecule has 8 rings (SSSR count). The molecule has 1 heterocycles. The summed E-state index contributed by atoms with van der Waals surface area (Å²) in [5, 5.41) is 35.3. The van der Waals surface area contributed by atoms with Crippen LogP contribution in [0, 0.1) is 0 Å². The number of hydrogen-bond donors (Lipinski definition) is 4. The van der Waals surface area contributed by atoms with Crippen LogP contribution in [0.25, 0.3) is 0 Å². The minimum Gasteiger partial charge on any atom is -0.507 e. The van der Waals surface area contributed by atoms with Crippen LogP contribution in [0.15, 0.2) is 170 Å². The van der Waals surface area contributed by atoms with Crippen molar-refractivity contribution in [3.63, 3.8) is 0 Å². The zero-order valence-electron chi connectivity index (χ0n) is 49.6.